The topological polar surface area (TPSA) is 17.6 Å². The van der Waals surface area contributed by atoms with Crippen LogP contribution in [0.25, 0.3) is 23.0 Å². The monoisotopic (exact) mass is 372 g/mol. The molecule has 2 heterocycles. The highest BCUT2D eigenvalue weighted by Crippen LogP contribution is 2.27. The summed E-state index contributed by atoms with van der Waals surface area (Å²) in [5.41, 5.74) is 7.56. The predicted molar refractivity (Wildman–Crippen MR) is 112 cm³/mol. The van der Waals surface area contributed by atoms with Crippen molar-refractivity contribution in [3.05, 3.63) is 83.4 Å². The number of aryl methyl sites for hydroxylation is 6. The molecule has 4 rings (SSSR count). The number of rotatable bonds is 3. The maximum absolute atomic E-state index is 2.31. The zero-order valence-corrected chi connectivity index (χ0v) is 17.6. The molecule has 4 nitrogen and oxygen atoms in total. The molecule has 28 heavy (non-hydrogen) atoms. The lowest BCUT2D eigenvalue weighted by Gasteiger charge is -2.10. The van der Waals surface area contributed by atoms with Crippen molar-refractivity contribution in [2.45, 2.75) is 27.7 Å². The summed E-state index contributed by atoms with van der Waals surface area (Å²) < 4.78 is 9.02. The lowest BCUT2D eigenvalue weighted by Crippen LogP contribution is -2.38. The molecule has 142 valence electrons. The largest absolute Gasteiger partial charge is 0.378 e. The van der Waals surface area contributed by atoms with Crippen molar-refractivity contribution in [1.82, 2.24) is 9.13 Å². The summed E-state index contributed by atoms with van der Waals surface area (Å²) in [5.74, 6) is 2.29. The van der Waals surface area contributed by atoms with Crippen LogP contribution >= 0.6 is 0 Å². The SMILES string of the molecule is Cc1cccc(C)c1-n1cc[n+](C)c1-c1n(-c2c(C)cccc2C)cc[n+]1C. The van der Waals surface area contributed by atoms with E-state index < -0.39 is 0 Å². The average molecular weight is 373 g/mol. The quantitative estimate of drug-likeness (QED) is 0.487. The van der Waals surface area contributed by atoms with Gasteiger partial charge in [-0.05, 0) is 49.9 Å². The van der Waals surface area contributed by atoms with E-state index in [4.69, 9.17) is 0 Å². The fraction of sp³-hybridized carbons (Fsp3) is 0.250. The van der Waals surface area contributed by atoms with Gasteiger partial charge in [0.2, 0.25) is 0 Å². The average Bonchev–Trinajstić information content (AvgIpc) is 3.18. The Hall–Kier alpha value is -3.14. The Balaban J connectivity index is 2.04. The standard InChI is InChI=1S/C24H28N4/c1-17-9-7-10-18(2)21(17)27-15-13-25(5)23(27)24-26(6)14-16-28(24)22-19(3)11-8-12-20(22)4/h7-16H,1-6H3/q+2. The van der Waals surface area contributed by atoms with Crippen molar-refractivity contribution < 1.29 is 9.13 Å². The second-order valence-corrected chi connectivity index (χ2v) is 7.69. The minimum absolute atomic E-state index is 1.15. The van der Waals surface area contributed by atoms with E-state index >= 15 is 0 Å². The molecule has 0 unspecified atom stereocenters. The number of imidazole rings is 2. The molecule has 0 aliphatic rings. The third-order valence-electron chi connectivity index (χ3n) is 5.56. The van der Waals surface area contributed by atoms with Gasteiger partial charge in [0, 0.05) is 0 Å². The Bertz CT molecular complexity index is 1040. The molecule has 0 aliphatic carbocycles. The molecule has 0 amide bonds. The van der Waals surface area contributed by atoms with Gasteiger partial charge in [-0.2, -0.15) is 9.13 Å². The maximum Gasteiger partial charge on any atom is 0.378 e. The van der Waals surface area contributed by atoms with Crippen LogP contribution in [0.1, 0.15) is 22.3 Å². The van der Waals surface area contributed by atoms with Crippen LogP contribution < -0.4 is 9.13 Å². The first kappa shape index (κ1) is 18.2. The highest BCUT2D eigenvalue weighted by molar-refractivity contribution is 5.57. The number of nitrogens with zero attached hydrogens (tertiary/aromatic N) is 4. The first-order valence-electron chi connectivity index (χ1n) is 9.67. The van der Waals surface area contributed by atoms with Gasteiger partial charge in [-0.25, -0.2) is 9.13 Å². The summed E-state index contributed by atoms with van der Waals surface area (Å²) in [5, 5.41) is 0. The zero-order valence-electron chi connectivity index (χ0n) is 17.6. The first-order chi connectivity index (χ1) is 13.4. The van der Waals surface area contributed by atoms with Crippen molar-refractivity contribution in [1.29, 1.82) is 0 Å². The molecular formula is C24H28N4+2. The highest BCUT2D eigenvalue weighted by Gasteiger charge is 2.33. The summed E-state index contributed by atoms with van der Waals surface area (Å²) in [6, 6.07) is 13.0. The van der Waals surface area contributed by atoms with Crippen molar-refractivity contribution in [3.8, 4) is 23.0 Å². The number of hydrogen-bond acceptors (Lipinski definition) is 0. The van der Waals surface area contributed by atoms with E-state index in [2.05, 4.69) is 121 Å². The third-order valence-corrected chi connectivity index (χ3v) is 5.56. The van der Waals surface area contributed by atoms with Gasteiger partial charge < -0.3 is 0 Å². The van der Waals surface area contributed by atoms with E-state index in [1.54, 1.807) is 0 Å². The van der Waals surface area contributed by atoms with Gasteiger partial charge in [-0.1, -0.05) is 36.4 Å². The summed E-state index contributed by atoms with van der Waals surface area (Å²) in [6.07, 6.45) is 8.58. The fourth-order valence-corrected chi connectivity index (χ4v) is 4.22. The fourth-order valence-electron chi connectivity index (χ4n) is 4.22. The molecule has 0 radical (unpaired) electrons. The molecule has 2 aromatic carbocycles. The van der Waals surface area contributed by atoms with Gasteiger partial charge in [0.1, 0.15) is 36.2 Å². The summed E-state index contributed by atoms with van der Waals surface area (Å²) in [4.78, 5) is 0. The first-order valence-corrected chi connectivity index (χ1v) is 9.67. The second kappa shape index (κ2) is 6.79. The normalized spacial score (nSPS) is 11.2. The molecule has 0 N–H and O–H groups in total. The molecule has 0 bridgehead atoms. The van der Waals surface area contributed by atoms with Crippen LogP contribution in [0.3, 0.4) is 0 Å². The molecule has 0 atom stereocenters. The summed E-state index contributed by atoms with van der Waals surface area (Å²) in [7, 11) is 4.23. The van der Waals surface area contributed by atoms with Crippen LogP contribution in [-0.2, 0) is 14.1 Å². The van der Waals surface area contributed by atoms with Crippen molar-refractivity contribution in [2.24, 2.45) is 14.1 Å². The van der Waals surface area contributed by atoms with Crippen LogP contribution in [0.5, 0.6) is 0 Å². The molecule has 0 fully saturated rings. The molecule has 0 aliphatic heterocycles. The van der Waals surface area contributed by atoms with E-state index in [1.165, 1.54) is 33.6 Å². The molecular weight excluding hydrogens is 344 g/mol. The van der Waals surface area contributed by atoms with Crippen molar-refractivity contribution >= 4 is 0 Å². The van der Waals surface area contributed by atoms with Gasteiger partial charge in [-0.3, -0.25) is 0 Å². The van der Waals surface area contributed by atoms with Gasteiger partial charge in [-0.15, -0.1) is 0 Å². The lowest BCUT2D eigenvalue weighted by atomic mass is 10.1. The molecule has 0 spiro atoms. The minimum atomic E-state index is 1.15. The van der Waals surface area contributed by atoms with Crippen molar-refractivity contribution in [3.63, 3.8) is 0 Å². The van der Waals surface area contributed by atoms with E-state index in [-0.39, 0.29) is 0 Å². The Morgan fingerprint density at radius 1 is 0.571 bits per heavy atom. The number of para-hydroxylation sites is 2. The van der Waals surface area contributed by atoms with Gasteiger partial charge >= 0.3 is 11.6 Å². The minimum Gasteiger partial charge on any atom is -0.226 e. The maximum atomic E-state index is 2.31. The molecule has 0 saturated heterocycles. The van der Waals surface area contributed by atoms with Crippen LogP contribution in [0, 0.1) is 27.7 Å². The molecule has 4 heteroatoms. The number of hydrogen-bond donors (Lipinski definition) is 0. The van der Waals surface area contributed by atoms with Crippen LogP contribution in [0.4, 0.5) is 0 Å². The summed E-state index contributed by atoms with van der Waals surface area (Å²) >= 11 is 0. The predicted octanol–water partition coefficient (Wildman–Crippen LogP) is 3.82. The third kappa shape index (κ3) is 2.76. The van der Waals surface area contributed by atoms with Gasteiger partial charge in [0.25, 0.3) is 0 Å². The Morgan fingerprint density at radius 3 is 1.21 bits per heavy atom. The zero-order chi connectivity index (χ0) is 20.0. The van der Waals surface area contributed by atoms with Crippen molar-refractivity contribution in [2.75, 3.05) is 0 Å². The Morgan fingerprint density at radius 2 is 0.893 bits per heavy atom. The lowest BCUT2D eigenvalue weighted by molar-refractivity contribution is -0.689. The number of aromatic nitrogens is 4. The Labute approximate surface area is 166 Å². The highest BCUT2D eigenvalue weighted by atomic mass is 15.2. The second-order valence-electron chi connectivity index (χ2n) is 7.69. The molecule has 2 aromatic heterocycles. The molecule has 0 saturated carbocycles. The summed E-state index contributed by atoms with van der Waals surface area (Å²) in [6.45, 7) is 8.71. The van der Waals surface area contributed by atoms with E-state index in [0.717, 1.165) is 11.6 Å². The smallest absolute Gasteiger partial charge is 0.226 e. The Kier molecular flexibility index (Phi) is 4.42. The van der Waals surface area contributed by atoms with E-state index in [1.807, 2.05) is 0 Å². The van der Waals surface area contributed by atoms with E-state index in [0.29, 0.717) is 0 Å². The van der Waals surface area contributed by atoms with Gasteiger partial charge in [0.15, 0.2) is 0 Å². The molecule has 4 aromatic rings. The van der Waals surface area contributed by atoms with Crippen LogP contribution in [-0.4, -0.2) is 9.13 Å². The number of benzene rings is 2. The van der Waals surface area contributed by atoms with Gasteiger partial charge in [0.05, 0.1) is 14.1 Å². The van der Waals surface area contributed by atoms with E-state index in [9.17, 15) is 0 Å². The van der Waals surface area contributed by atoms with Crippen LogP contribution in [0.15, 0.2) is 61.2 Å². The van der Waals surface area contributed by atoms with Crippen LogP contribution in [0.2, 0.25) is 0 Å².